The number of thiol groups is 1. The molecular formula is C38H41N9O15S. The van der Waals surface area contributed by atoms with E-state index in [1.807, 2.05) is 0 Å². The minimum Gasteiger partial charge on any atom is -0.445 e. The fourth-order valence-corrected chi connectivity index (χ4v) is 6.88. The number of aliphatic imine (C=N–C) groups is 1. The minimum absolute atomic E-state index is 0.0722. The van der Waals surface area contributed by atoms with Crippen LogP contribution >= 0.6 is 12.6 Å². The first kappa shape index (κ1) is 46.7. The molecule has 2 aliphatic heterocycles. The predicted octanol–water partition coefficient (Wildman–Crippen LogP) is 3.18. The lowest BCUT2D eigenvalue weighted by molar-refractivity contribution is -0.385. The van der Waals surface area contributed by atoms with Gasteiger partial charge < -0.3 is 35.3 Å². The molecule has 3 aromatic rings. The smallest absolute Gasteiger partial charge is 0.437 e. The van der Waals surface area contributed by atoms with Crippen LogP contribution in [0.3, 0.4) is 0 Å². The molecule has 4 atom stereocenters. The van der Waals surface area contributed by atoms with Crippen LogP contribution in [0.25, 0.3) is 0 Å². The average Bonchev–Trinajstić information content (AvgIpc) is 3.89. The summed E-state index contributed by atoms with van der Waals surface area (Å²) in [6.45, 7) is -1.27. The molecule has 2 heterocycles. The van der Waals surface area contributed by atoms with Gasteiger partial charge in [0.2, 0.25) is 17.8 Å². The maximum absolute atomic E-state index is 13.6. The molecule has 0 aromatic heterocycles. The lowest BCUT2D eigenvalue weighted by Gasteiger charge is -2.27. The van der Waals surface area contributed by atoms with Crippen molar-refractivity contribution in [1.29, 1.82) is 0 Å². The second-order valence-corrected chi connectivity index (χ2v) is 15.0. The van der Waals surface area contributed by atoms with E-state index < -0.39 is 82.7 Å². The molecule has 2 aliphatic rings. The van der Waals surface area contributed by atoms with Gasteiger partial charge in [-0.3, -0.25) is 44.8 Å². The predicted molar refractivity (Wildman–Crippen MR) is 220 cm³/mol. The molecule has 63 heavy (non-hydrogen) atoms. The van der Waals surface area contributed by atoms with Gasteiger partial charge >= 0.3 is 18.3 Å². The van der Waals surface area contributed by atoms with Crippen LogP contribution in [0.4, 0.5) is 31.4 Å². The zero-order valence-corrected chi connectivity index (χ0v) is 34.0. The number of carbonyl (C=O) groups excluding carboxylic acids is 5. The third kappa shape index (κ3) is 13.3. The highest BCUT2D eigenvalue weighted by molar-refractivity contribution is 7.81. The number of carbonyl (C=O) groups is 5. The molecule has 25 heteroatoms. The Hall–Kier alpha value is -7.41. The molecule has 334 valence electrons. The van der Waals surface area contributed by atoms with E-state index in [0.717, 1.165) is 0 Å². The van der Waals surface area contributed by atoms with E-state index in [2.05, 4.69) is 22.9 Å². The second kappa shape index (κ2) is 21.4. The van der Waals surface area contributed by atoms with Crippen molar-refractivity contribution in [3.63, 3.8) is 0 Å². The molecule has 5 rings (SSSR count). The topological polar surface area (TPSA) is 323 Å². The summed E-state index contributed by atoms with van der Waals surface area (Å²) in [7, 11) is 0. The number of non-ortho nitro benzene ring substituents is 3. The Kier molecular flexibility index (Phi) is 15.8. The number of hydrogen-bond acceptors (Lipinski definition) is 16. The fourth-order valence-electron chi connectivity index (χ4n) is 6.50. The Morgan fingerprint density at radius 2 is 1.30 bits per heavy atom. The number of nitro benzene ring substituents is 3. The summed E-state index contributed by atoms with van der Waals surface area (Å²) in [5, 5.41) is 46.2. The number of ether oxygens (including phenoxy) is 3. The number of nitrogens with zero attached hydrogens (tertiary/aromatic N) is 7. The van der Waals surface area contributed by atoms with Gasteiger partial charge in [0.05, 0.1) is 33.8 Å². The molecule has 4 N–H and O–H groups in total. The highest BCUT2D eigenvalue weighted by atomic mass is 32.1. The SMILES string of the molecule is NC(=NC(=O)OCc1ccc([N+](=O)[O-])cc1)N(CC(O)CC(=O)N[C@H]1CCN(C(=O)[C@@H]2C[C@H](S)CN2C(=O)OCc2ccc([N+](=O)[O-])cc2)C1)C(=O)OCc1ccc([N+](=O)[O-])cc1. The van der Waals surface area contributed by atoms with Crippen molar-refractivity contribution < 1.29 is 58.1 Å². The van der Waals surface area contributed by atoms with Crippen molar-refractivity contribution >= 4 is 65.7 Å². The average molecular weight is 896 g/mol. The molecule has 0 spiro atoms. The van der Waals surface area contributed by atoms with Gasteiger partial charge in [0.1, 0.15) is 25.9 Å². The number of aliphatic hydroxyl groups excluding tert-OH is 1. The number of nitrogens with one attached hydrogen (secondary N) is 1. The van der Waals surface area contributed by atoms with Gasteiger partial charge in [0.25, 0.3) is 17.1 Å². The van der Waals surface area contributed by atoms with Crippen molar-refractivity contribution in [2.45, 2.75) is 62.5 Å². The Balaban J connectivity index is 1.15. The lowest BCUT2D eigenvalue weighted by Crippen LogP contribution is -2.49. The first-order chi connectivity index (χ1) is 30.0. The summed E-state index contributed by atoms with van der Waals surface area (Å²) < 4.78 is 15.7. The number of hydrogen-bond donors (Lipinski definition) is 4. The standard InChI is InChI=1S/C38H41N9O15S/c39-35(41-36(51)60-20-23-1-7-27(8-2-23)45(54)55)44(38(53)62-22-25-5-11-29(12-6-25)47(58)59)18-30(48)15-33(49)40-26-13-14-42(17-26)34(50)32-16-31(63)19-43(32)37(52)61-21-24-3-9-28(10-4-24)46(56)57/h1-12,26,30-32,48,63H,13-22H2,(H,40,49)(H2,39,41,51)/t26-,30?,31-,32-/m0/s1. The van der Waals surface area contributed by atoms with Crippen molar-refractivity contribution in [3.05, 3.63) is 120 Å². The molecule has 3 aromatic carbocycles. The lowest BCUT2D eigenvalue weighted by atomic mass is 10.2. The Morgan fingerprint density at radius 3 is 1.81 bits per heavy atom. The fraction of sp³-hybridized carbons (Fsp3) is 0.368. The third-order valence-electron chi connectivity index (χ3n) is 9.71. The highest BCUT2D eigenvalue weighted by Crippen LogP contribution is 2.26. The van der Waals surface area contributed by atoms with Gasteiger partial charge in [0.15, 0.2) is 0 Å². The number of benzene rings is 3. The number of rotatable bonds is 15. The largest absolute Gasteiger partial charge is 0.445 e. The van der Waals surface area contributed by atoms with Crippen LogP contribution in [0.2, 0.25) is 0 Å². The zero-order chi connectivity index (χ0) is 45.8. The van der Waals surface area contributed by atoms with Crippen LogP contribution in [0.1, 0.15) is 36.0 Å². The quantitative estimate of drug-likeness (QED) is 0.0425. The van der Waals surface area contributed by atoms with Gasteiger partial charge in [-0.1, -0.05) is 0 Å². The van der Waals surface area contributed by atoms with E-state index in [9.17, 15) is 59.4 Å². The monoisotopic (exact) mass is 895 g/mol. The number of guanidine groups is 1. The number of amides is 5. The van der Waals surface area contributed by atoms with Gasteiger partial charge in [-0.2, -0.15) is 12.6 Å². The Labute approximate surface area is 362 Å². The van der Waals surface area contributed by atoms with E-state index in [0.29, 0.717) is 28.0 Å². The number of likely N-dealkylation sites (tertiary alicyclic amines) is 2. The summed E-state index contributed by atoms with van der Waals surface area (Å²) in [5.74, 6) is -1.85. The molecule has 0 saturated carbocycles. The molecular weight excluding hydrogens is 855 g/mol. The molecule has 2 fully saturated rings. The molecule has 2 saturated heterocycles. The third-order valence-corrected chi connectivity index (χ3v) is 10.1. The van der Waals surface area contributed by atoms with Crippen LogP contribution in [-0.2, 0) is 43.6 Å². The summed E-state index contributed by atoms with van der Waals surface area (Å²) in [4.78, 5) is 103. The van der Waals surface area contributed by atoms with Gasteiger partial charge in [-0.15, -0.1) is 4.99 Å². The number of aliphatic hydroxyl groups is 1. The van der Waals surface area contributed by atoms with Crippen LogP contribution in [0, 0.1) is 30.3 Å². The van der Waals surface area contributed by atoms with Crippen molar-refractivity contribution in [2.75, 3.05) is 26.2 Å². The Morgan fingerprint density at radius 1 is 0.810 bits per heavy atom. The first-order valence-corrected chi connectivity index (χ1v) is 19.5. The van der Waals surface area contributed by atoms with Gasteiger partial charge in [-0.25, -0.2) is 19.3 Å². The first-order valence-electron chi connectivity index (χ1n) is 19.0. The summed E-state index contributed by atoms with van der Waals surface area (Å²) in [6.07, 6.45) is -4.90. The Bertz CT molecular complexity index is 2230. The van der Waals surface area contributed by atoms with Crippen LogP contribution in [0.5, 0.6) is 0 Å². The summed E-state index contributed by atoms with van der Waals surface area (Å²) in [5.41, 5.74) is 6.66. The minimum atomic E-state index is -1.61. The van der Waals surface area contributed by atoms with E-state index in [-0.39, 0.29) is 67.5 Å². The summed E-state index contributed by atoms with van der Waals surface area (Å²) >= 11 is 4.47. The maximum Gasteiger partial charge on any atom is 0.437 e. The number of nitro groups is 3. The molecule has 24 nitrogen and oxygen atoms in total. The molecule has 0 aliphatic carbocycles. The highest BCUT2D eigenvalue weighted by Gasteiger charge is 2.43. The van der Waals surface area contributed by atoms with Crippen LogP contribution < -0.4 is 11.1 Å². The van der Waals surface area contributed by atoms with Crippen LogP contribution in [-0.4, -0.2) is 120 Å². The molecule has 0 radical (unpaired) electrons. The summed E-state index contributed by atoms with van der Waals surface area (Å²) in [6, 6.07) is 14.1. The maximum atomic E-state index is 13.6. The van der Waals surface area contributed by atoms with Gasteiger partial charge in [0, 0.05) is 67.3 Å². The van der Waals surface area contributed by atoms with Crippen molar-refractivity contribution in [1.82, 2.24) is 20.0 Å². The van der Waals surface area contributed by atoms with E-state index in [4.69, 9.17) is 19.9 Å². The van der Waals surface area contributed by atoms with Crippen molar-refractivity contribution in [2.24, 2.45) is 10.7 Å². The van der Waals surface area contributed by atoms with Crippen LogP contribution in [0.15, 0.2) is 77.8 Å². The van der Waals surface area contributed by atoms with Crippen molar-refractivity contribution in [3.8, 4) is 0 Å². The molecule has 0 bridgehead atoms. The number of nitrogens with two attached hydrogens (primary N) is 1. The van der Waals surface area contributed by atoms with E-state index in [1.165, 1.54) is 82.6 Å². The molecule has 1 unspecified atom stereocenters. The van der Waals surface area contributed by atoms with E-state index >= 15 is 0 Å². The normalized spacial score (nSPS) is 17.6. The zero-order valence-electron chi connectivity index (χ0n) is 33.1. The molecule has 5 amide bonds. The second-order valence-electron chi connectivity index (χ2n) is 14.3. The van der Waals surface area contributed by atoms with E-state index in [1.54, 1.807) is 0 Å². The van der Waals surface area contributed by atoms with Gasteiger partial charge in [-0.05, 0) is 65.9 Å².